The molecule has 0 bridgehead atoms. The maximum Gasteiger partial charge on any atom is 0.320 e. The molecule has 100 valence electrons. The van der Waals surface area contributed by atoms with Crippen LogP contribution >= 0.6 is 27.5 Å². The Hall–Kier alpha value is -1.13. The van der Waals surface area contributed by atoms with Crippen molar-refractivity contribution in [3.63, 3.8) is 0 Å². The number of aromatic nitrogens is 1. The van der Waals surface area contributed by atoms with Gasteiger partial charge in [0.1, 0.15) is 4.83 Å². The molecule has 2 aromatic rings. The summed E-state index contributed by atoms with van der Waals surface area (Å²) in [5.74, 6) is -0.262. The Morgan fingerprint density at radius 2 is 2.26 bits per heavy atom. The van der Waals surface area contributed by atoms with Gasteiger partial charge < -0.3 is 4.74 Å². The maximum atomic E-state index is 11.6. The summed E-state index contributed by atoms with van der Waals surface area (Å²) in [6, 6.07) is 7.48. The van der Waals surface area contributed by atoms with Crippen molar-refractivity contribution >= 4 is 44.4 Å². The van der Waals surface area contributed by atoms with Gasteiger partial charge in [0.05, 0.1) is 12.1 Å². The van der Waals surface area contributed by atoms with E-state index in [2.05, 4.69) is 20.9 Å². The Labute approximate surface area is 125 Å². The molecule has 3 nitrogen and oxygen atoms in total. The third-order valence-corrected chi connectivity index (χ3v) is 3.77. The monoisotopic (exact) mass is 341 g/mol. The van der Waals surface area contributed by atoms with Gasteiger partial charge in [0, 0.05) is 16.6 Å². The number of hydrogen-bond acceptors (Lipinski definition) is 3. The molecule has 0 aliphatic heterocycles. The van der Waals surface area contributed by atoms with Crippen molar-refractivity contribution in [2.75, 3.05) is 6.61 Å². The van der Waals surface area contributed by atoms with Gasteiger partial charge in [-0.25, -0.2) is 0 Å². The fourth-order valence-electron chi connectivity index (χ4n) is 1.87. The third kappa shape index (κ3) is 3.25. The third-order valence-electron chi connectivity index (χ3n) is 2.74. The summed E-state index contributed by atoms with van der Waals surface area (Å²) in [4.78, 5) is 15.6. The van der Waals surface area contributed by atoms with Crippen LogP contribution < -0.4 is 0 Å². The van der Waals surface area contributed by atoms with Crippen molar-refractivity contribution in [3.05, 3.63) is 41.0 Å². The van der Waals surface area contributed by atoms with Gasteiger partial charge in [-0.05, 0) is 37.1 Å². The number of pyridine rings is 1. The molecule has 1 aromatic heterocycles. The predicted molar refractivity (Wildman–Crippen MR) is 79.8 cm³/mol. The highest BCUT2D eigenvalue weighted by molar-refractivity contribution is 9.10. The van der Waals surface area contributed by atoms with Gasteiger partial charge >= 0.3 is 5.97 Å². The zero-order chi connectivity index (χ0) is 13.8. The SMILES string of the molecule is CCOC(=O)C(Br)Cc1ccc(Cl)c2cccnc12. The number of nitrogens with zero attached hydrogens (tertiary/aromatic N) is 1. The molecule has 19 heavy (non-hydrogen) atoms. The molecule has 0 amide bonds. The second-order valence-corrected chi connectivity index (χ2v) is 5.54. The number of hydrogen-bond donors (Lipinski definition) is 0. The lowest BCUT2D eigenvalue weighted by molar-refractivity contribution is -0.142. The second kappa shape index (κ2) is 6.35. The first-order valence-electron chi connectivity index (χ1n) is 5.96. The zero-order valence-electron chi connectivity index (χ0n) is 10.4. The molecule has 1 aromatic carbocycles. The average molecular weight is 343 g/mol. The fraction of sp³-hybridized carbons (Fsp3) is 0.286. The molecule has 1 atom stereocenters. The highest BCUT2D eigenvalue weighted by atomic mass is 79.9. The molecule has 1 heterocycles. The molecule has 0 fully saturated rings. The van der Waals surface area contributed by atoms with Crippen LogP contribution in [0.5, 0.6) is 0 Å². The minimum Gasteiger partial charge on any atom is -0.465 e. The van der Waals surface area contributed by atoms with Gasteiger partial charge in [0.15, 0.2) is 0 Å². The summed E-state index contributed by atoms with van der Waals surface area (Å²) < 4.78 is 4.98. The van der Waals surface area contributed by atoms with Crippen LogP contribution in [-0.4, -0.2) is 22.4 Å². The van der Waals surface area contributed by atoms with Crippen molar-refractivity contribution in [3.8, 4) is 0 Å². The number of fused-ring (bicyclic) bond motifs is 1. The van der Waals surface area contributed by atoms with Crippen molar-refractivity contribution < 1.29 is 9.53 Å². The Balaban J connectivity index is 2.31. The molecule has 0 saturated carbocycles. The molecular formula is C14H13BrClNO2. The number of esters is 1. The van der Waals surface area contributed by atoms with E-state index in [1.807, 2.05) is 24.3 Å². The highest BCUT2D eigenvalue weighted by Crippen LogP contribution is 2.26. The number of carbonyl (C=O) groups excluding carboxylic acids is 1. The molecule has 0 aliphatic rings. The van der Waals surface area contributed by atoms with Crippen LogP contribution in [0.15, 0.2) is 30.5 Å². The Morgan fingerprint density at radius 3 is 3.00 bits per heavy atom. The average Bonchev–Trinajstić information content (AvgIpc) is 2.42. The first-order chi connectivity index (χ1) is 9.13. The molecule has 0 spiro atoms. The van der Waals surface area contributed by atoms with E-state index in [0.717, 1.165) is 16.5 Å². The number of alkyl halides is 1. The van der Waals surface area contributed by atoms with E-state index in [9.17, 15) is 4.79 Å². The smallest absolute Gasteiger partial charge is 0.320 e. The summed E-state index contributed by atoms with van der Waals surface area (Å²) in [7, 11) is 0. The standard InChI is InChI=1S/C14H13BrClNO2/c1-2-19-14(18)11(15)8-9-5-6-12(16)10-4-3-7-17-13(9)10/h3-7,11H,2,8H2,1H3. The lowest BCUT2D eigenvalue weighted by Gasteiger charge is -2.11. The van der Waals surface area contributed by atoms with Crippen LogP contribution in [0.3, 0.4) is 0 Å². The number of rotatable bonds is 4. The number of benzene rings is 1. The number of ether oxygens (including phenoxy) is 1. The van der Waals surface area contributed by atoms with Crippen LogP contribution in [0.1, 0.15) is 12.5 Å². The van der Waals surface area contributed by atoms with E-state index in [-0.39, 0.29) is 10.8 Å². The quantitative estimate of drug-likeness (QED) is 0.627. The molecule has 0 aliphatic carbocycles. The normalized spacial score (nSPS) is 12.4. The molecule has 0 radical (unpaired) electrons. The van der Waals surface area contributed by atoms with Gasteiger partial charge in [0.25, 0.3) is 0 Å². The predicted octanol–water partition coefficient (Wildman–Crippen LogP) is 3.76. The van der Waals surface area contributed by atoms with E-state index in [1.165, 1.54) is 0 Å². The van der Waals surface area contributed by atoms with E-state index in [0.29, 0.717) is 18.1 Å². The van der Waals surface area contributed by atoms with Crippen LogP contribution in [-0.2, 0) is 16.0 Å². The van der Waals surface area contributed by atoms with Gasteiger partial charge in [-0.15, -0.1) is 0 Å². The van der Waals surface area contributed by atoms with E-state index in [1.54, 1.807) is 13.1 Å². The summed E-state index contributed by atoms with van der Waals surface area (Å²) in [6.07, 6.45) is 2.24. The highest BCUT2D eigenvalue weighted by Gasteiger charge is 2.18. The van der Waals surface area contributed by atoms with Gasteiger partial charge in [-0.3, -0.25) is 9.78 Å². The second-order valence-electron chi connectivity index (χ2n) is 4.03. The van der Waals surface area contributed by atoms with Crippen molar-refractivity contribution in [2.45, 2.75) is 18.2 Å². The lowest BCUT2D eigenvalue weighted by Crippen LogP contribution is -2.19. The topological polar surface area (TPSA) is 39.2 Å². The van der Waals surface area contributed by atoms with Crippen LogP contribution in [0.25, 0.3) is 10.9 Å². The summed E-state index contributed by atoms with van der Waals surface area (Å²) in [6.45, 7) is 2.16. The van der Waals surface area contributed by atoms with Crippen molar-refractivity contribution in [1.82, 2.24) is 4.98 Å². The van der Waals surface area contributed by atoms with Gasteiger partial charge in [-0.1, -0.05) is 33.6 Å². The summed E-state index contributed by atoms with van der Waals surface area (Å²) in [5.41, 5.74) is 1.79. The number of carbonyl (C=O) groups is 1. The summed E-state index contributed by atoms with van der Waals surface area (Å²) in [5, 5.41) is 1.55. The summed E-state index contributed by atoms with van der Waals surface area (Å²) >= 11 is 9.48. The first-order valence-corrected chi connectivity index (χ1v) is 7.25. The van der Waals surface area contributed by atoms with Crippen molar-refractivity contribution in [2.24, 2.45) is 0 Å². The molecule has 5 heteroatoms. The van der Waals surface area contributed by atoms with Crippen molar-refractivity contribution in [1.29, 1.82) is 0 Å². The van der Waals surface area contributed by atoms with E-state index in [4.69, 9.17) is 16.3 Å². The zero-order valence-corrected chi connectivity index (χ0v) is 12.7. The molecule has 0 saturated heterocycles. The minimum absolute atomic E-state index is 0.262. The Kier molecular flexibility index (Phi) is 4.77. The van der Waals surface area contributed by atoms with Crippen LogP contribution in [0.2, 0.25) is 5.02 Å². The van der Waals surface area contributed by atoms with Gasteiger partial charge in [0.2, 0.25) is 0 Å². The largest absolute Gasteiger partial charge is 0.465 e. The fourth-order valence-corrected chi connectivity index (χ4v) is 2.57. The Bertz CT molecular complexity index is 603. The number of halogens is 2. The van der Waals surface area contributed by atoms with Crippen LogP contribution in [0.4, 0.5) is 0 Å². The van der Waals surface area contributed by atoms with Gasteiger partial charge in [-0.2, -0.15) is 0 Å². The van der Waals surface area contributed by atoms with E-state index < -0.39 is 0 Å². The van der Waals surface area contributed by atoms with E-state index >= 15 is 0 Å². The molecular weight excluding hydrogens is 330 g/mol. The Morgan fingerprint density at radius 1 is 1.47 bits per heavy atom. The molecule has 0 N–H and O–H groups in total. The molecule has 2 rings (SSSR count). The molecule has 1 unspecified atom stereocenters. The minimum atomic E-state index is -0.376. The van der Waals surface area contributed by atoms with Crippen LogP contribution in [0, 0.1) is 0 Å². The maximum absolute atomic E-state index is 11.6. The lowest BCUT2D eigenvalue weighted by atomic mass is 10.1. The first kappa shape index (κ1) is 14.3.